The Morgan fingerprint density at radius 2 is 2.00 bits per heavy atom. The number of rotatable bonds is 1. The highest BCUT2D eigenvalue weighted by Gasteiger charge is 2.29. The lowest BCUT2D eigenvalue weighted by Crippen LogP contribution is -2.14. The fourth-order valence-corrected chi connectivity index (χ4v) is 2.74. The van der Waals surface area contributed by atoms with E-state index in [1.807, 2.05) is 0 Å². The van der Waals surface area contributed by atoms with Crippen molar-refractivity contribution in [3.8, 4) is 0 Å². The summed E-state index contributed by atoms with van der Waals surface area (Å²) >= 11 is 0. The number of hydrogen-bond acceptors (Lipinski definition) is 2. The van der Waals surface area contributed by atoms with Crippen molar-refractivity contribution in [1.29, 1.82) is 0 Å². The van der Waals surface area contributed by atoms with Crippen LogP contribution in [0.1, 0.15) is 40.4 Å². The molecule has 102 valence electrons. The Labute approximate surface area is 115 Å². The molecule has 0 aliphatic heterocycles. The fraction of sp³-hybridized carbons (Fsp3) is 0.250. The van der Waals surface area contributed by atoms with E-state index in [4.69, 9.17) is 0 Å². The van der Waals surface area contributed by atoms with Crippen molar-refractivity contribution in [2.24, 2.45) is 0 Å². The van der Waals surface area contributed by atoms with Crippen LogP contribution in [0.3, 0.4) is 0 Å². The van der Waals surface area contributed by atoms with E-state index < -0.39 is 17.6 Å². The molecule has 1 aromatic carbocycles. The number of halogens is 2. The second-order valence-electron chi connectivity index (χ2n) is 4.95. The molecule has 0 amide bonds. The zero-order valence-electron chi connectivity index (χ0n) is 10.8. The number of fused-ring (bicyclic) bond motifs is 1. The Morgan fingerprint density at radius 3 is 2.85 bits per heavy atom. The van der Waals surface area contributed by atoms with Gasteiger partial charge in [-0.3, -0.25) is 9.78 Å². The maximum Gasteiger partial charge on any atom is 0.172 e. The average Bonchev–Trinajstić information content (AvgIpc) is 2.62. The van der Waals surface area contributed by atoms with Crippen LogP contribution >= 0.6 is 0 Å². The molecule has 0 N–H and O–H groups in total. The minimum atomic E-state index is -0.918. The van der Waals surface area contributed by atoms with Crippen molar-refractivity contribution in [2.75, 3.05) is 0 Å². The topological polar surface area (TPSA) is 30.0 Å². The molecule has 1 aliphatic carbocycles. The molecule has 2 nitrogen and oxygen atoms in total. The van der Waals surface area contributed by atoms with Crippen LogP contribution in [0.25, 0.3) is 0 Å². The first-order chi connectivity index (χ1) is 9.68. The van der Waals surface area contributed by atoms with E-state index in [2.05, 4.69) is 4.98 Å². The lowest BCUT2D eigenvalue weighted by Gasteiger charge is -2.15. The third-order valence-corrected chi connectivity index (χ3v) is 3.74. The summed E-state index contributed by atoms with van der Waals surface area (Å²) in [6, 6.07) is 7.40. The number of aryl methyl sites for hydroxylation is 1. The van der Waals surface area contributed by atoms with E-state index in [1.165, 1.54) is 12.1 Å². The molecule has 0 saturated carbocycles. The number of Topliss-reactive ketones (excluding diaryl/α,β-unsaturated/α-hetero) is 1. The van der Waals surface area contributed by atoms with Crippen LogP contribution < -0.4 is 0 Å². The number of benzene rings is 1. The van der Waals surface area contributed by atoms with Gasteiger partial charge >= 0.3 is 0 Å². The molecule has 3 rings (SSSR count). The monoisotopic (exact) mass is 273 g/mol. The lowest BCUT2D eigenvalue weighted by molar-refractivity contribution is 0.0955. The van der Waals surface area contributed by atoms with Gasteiger partial charge in [0, 0.05) is 17.3 Å². The van der Waals surface area contributed by atoms with Gasteiger partial charge in [-0.15, -0.1) is 0 Å². The molecule has 1 atom stereocenters. The lowest BCUT2D eigenvalue weighted by atomic mass is 9.88. The van der Waals surface area contributed by atoms with Crippen molar-refractivity contribution in [2.45, 2.75) is 25.2 Å². The van der Waals surface area contributed by atoms with E-state index in [-0.39, 0.29) is 11.3 Å². The highest BCUT2D eigenvalue weighted by atomic mass is 19.2. The molecule has 0 spiro atoms. The quantitative estimate of drug-likeness (QED) is 0.742. The summed E-state index contributed by atoms with van der Waals surface area (Å²) in [4.78, 5) is 16.8. The Balaban J connectivity index is 2.07. The normalized spacial score (nSPS) is 18.5. The van der Waals surface area contributed by atoms with Crippen LogP contribution in [-0.4, -0.2) is 10.8 Å². The molecular weight excluding hydrogens is 260 g/mol. The van der Waals surface area contributed by atoms with Crippen LogP contribution in [0.5, 0.6) is 0 Å². The number of hydrogen-bond donors (Lipinski definition) is 0. The number of nitrogens with zero attached hydrogens (tertiary/aromatic N) is 1. The van der Waals surface area contributed by atoms with Crippen molar-refractivity contribution in [3.63, 3.8) is 0 Å². The van der Waals surface area contributed by atoms with Gasteiger partial charge in [0.15, 0.2) is 17.4 Å². The molecule has 2 aromatic rings. The molecule has 4 heteroatoms. The number of carbonyl (C=O) groups is 1. The first-order valence-corrected chi connectivity index (χ1v) is 6.60. The van der Waals surface area contributed by atoms with Gasteiger partial charge in [0.25, 0.3) is 0 Å². The zero-order valence-corrected chi connectivity index (χ0v) is 10.8. The van der Waals surface area contributed by atoms with Gasteiger partial charge in [-0.25, -0.2) is 8.78 Å². The largest absolute Gasteiger partial charge is 0.293 e. The standard InChI is InChI=1S/C16H13F2NO/c17-13-7-1-4-10(15(13)18)11-5-2-8-14-12(16(11)20)6-3-9-19-14/h1,3-4,6-7,9,11H,2,5,8H2. The average molecular weight is 273 g/mol. The van der Waals surface area contributed by atoms with Crippen LogP contribution in [0, 0.1) is 11.6 Å². The fourth-order valence-electron chi connectivity index (χ4n) is 2.74. The van der Waals surface area contributed by atoms with E-state index in [0.29, 0.717) is 18.4 Å². The molecule has 0 saturated heterocycles. The molecule has 1 aromatic heterocycles. The number of aromatic nitrogens is 1. The zero-order chi connectivity index (χ0) is 14.1. The van der Waals surface area contributed by atoms with Crippen LogP contribution in [0.15, 0.2) is 36.5 Å². The summed E-state index contributed by atoms with van der Waals surface area (Å²) in [6.07, 6.45) is 3.58. The van der Waals surface area contributed by atoms with Gasteiger partial charge in [0.05, 0.1) is 11.6 Å². The third-order valence-electron chi connectivity index (χ3n) is 3.74. The highest BCUT2D eigenvalue weighted by molar-refractivity contribution is 6.02. The Kier molecular flexibility index (Phi) is 3.30. The van der Waals surface area contributed by atoms with Gasteiger partial charge in [0.2, 0.25) is 0 Å². The Bertz CT molecular complexity index is 669. The van der Waals surface area contributed by atoms with Gasteiger partial charge < -0.3 is 0 Å². The number of ketones is 1. The van der Waals surface area contributed by atoms with Crippen molar-refractivity contribution in [3.05, 3.63) is 65.0 Å². The summed E-state index contributed by atoms with van der Waals surface area (Å²) < 4.78 is 27.3. The number of carbonyl (C=O) groups excluding carboxylic acids is 1. The first kappa shape index (κ1) is 12.9. The minimum absolute atomic E-state index is 0.145. The van der Waals surface area contributed by atoms with Crippen molar-refractivity contribution < 1.29 is 13.6 Å². The van der Waals surface area contributed by atoms with E-state index in [0.717, 1.165) is 18.2 Å². The SMILES string of the molecule is O=C1c2cccnc2CCCC1c1cccc(F)c1F. The summed E-state index contributed by atoms with van der Waals surface area (Å²) in [5.74, 6) is -2.63. The van der Waals surface area contributed by atoms with Gasteiger partial charge in [0.1, 0.15) is 0 Å². The Morgan fingerprint density at radius 1 is 1.15 bits per heavy atom. The highest BCUT2D eigenvalue weighted by Crippen LogP contribution is 2.32. The Hall–Kier alpha value is -2.10. The molecule has 0 bridgehead atoms. The van der Waals surface area contributed by atoms with Crippen molar-refractivity contribution >= 4 is 5.78 Å². The van der Waals surface area contributed by atoms with Gasteiger partial charge in [-0.05, 0) is 37.5 Å². The second-order valence-corrected chi connectivity index (χ2v) is 4.95. The van der Waals surface area contributed by atoms with Crippen LogP contribution in [0.4, 0.5) is 8.78 Å². The smallest absolute Gasteiger partial charge is 0.172 e. The maximum atomic E-state index is 13.9. The molecular formula is C16H13F2NO. The summed E-state index contributed by atoms with van der Waals surface area (Å²) in [7, 11) is 0. The predicted octanol–water partition coefficient (Wildman–Crippen LogP) is 3.66. The van der Waals surface area contributed by atoms with E-state index in [1.54, 1.807) is 18.3 Å². The number of pyridine rings is 1. The minimum Gasteiger partial charge on any atom is -0.293 e. The summed E-state index contributed by atoms with van der Waals surface area (Å²) in [5.41, 5.74) is 1.42. The molecule has 1 aliphatic rings. The van der Waals surface area contributed by atoms with E-state index >= 15 is 0 Å². The second kappa shape index (κ2) is 5.12. The predicted molar refractivity (Wildman–Crippen MR) is 70.6 cm³/mol. The molecule has 0 radical (unpaired) electrons. The first-order valence-electron chi connectivity index (χ1n) is 6.60. The van der Waals surface area contributed by atoms with Crippen LogP contribution in [-0.2, 0) is 6.42 Å². The maximum absolute atomic E-state index is 13.9. The van der Waals surface area contributed by atoms with Crippen molar-refractivity contribution in [1.82, 2.24) is 4.98 Å². The molecule has 20 heavy (non-hydrogen) atoms. The third kappa shape index (κ3) is 2.11. The summed E-state index contributed by atoms with van der Waals surface area (Å²) in [5, 5.41) is 0. The van der Waals surface area contributed by atoms with Gasteiger partial charge in [-0.2, -0.15) is 0 Å². The van der Waals surface area contributed by atoms with E-state index in [9.17, 15) is 13.6 Å². The molecule has 1 unspecified atom stereocenters. The van der Waals surface area contributed by atoms with Crippen LogP contribution in [0.2, 0.25) is 0 Å². The summed E-state index contributed by atoms with van der Waals surface area (Å²) in [6.45, 7) is 0. The molecule has 0 fully saturated rings. The van der Waals surface area contributed by atoms with Gasteiger partial charge in [-0.1, -0.05) is 12.1 Å². The molecule has 1 heterocycles.